The fraction of sp³-hybridized carbons (Fsp3) is 0.455. The lowest BCUT2D eigenvalue weighted by atomic mass is 10.3. The monoisotopic (exact) mass is 270 g/mol. The highest BCUT2D eigenvalue weighted by atomic mass is 19.3. The maximum Gasteiger partial charge on any atom is 0.327 e. The van der Waals surface area contributed by atoms with Crippen molar-refractivity contribution in [2.45, 2.75) is 19.0 Å². The summed E-state index contributed by atoms with van der Waals surface area (Å²) < 4.78 is 33.5. The molecule has 0 aliphatic carbocycles. The molecule has 1 aliphatic heterocycles. The van der Waals surface area contributed by atoms with Crippen molar-refractivity contribution in [2.24, 2.45) is 0 Å². The number of rotatable bonds is 3. The number of aliphatic hydroxyl groups excluding tert-OH is 1. The quantitative estimate of drug-likeness (QED) is 0.859. The Hall–Kier alpha value is -1.80. The van der Waals surface area contributed by atoms with Gasteiger partial charge in [0.15, 0.2) is 17.3 Å². The van der Waals surface area contributed by atoms with Gasteiger partial charge in [-0.15, -0.1) is 10.2 Å². The molecule has 2 aromatic rings. The van der Waals surface area contributed by atoms with E-state index in [0.29, 0.717) is 18.9 Å². The topological polar surface area (TPSA) is 76.1 Å². The summed E-state index contributed by atoms with van der Waals surface area (Å²) in [5, 5.41) is 19.7. The van der Waals surface area contributed by atoms with Crippen LogP contribution in [0.2, 0.25) is 0 Å². The Labute approximate surface area is 107 Å². The molecule has 2 N–H and O–H groups in total. The summed E-state index contributed by atoms with van der Waals surface area (Å²) >= 11 is 0. The van der Waals surface area contributed by atoms with Crippen molar-refractivity contribution in [3.8, 4) is 11.6 Å². The molecule has 0 spiro atoms. The molecular weight excluding hydrogens is 258 g/mol. The summed E-state index contributed by atoms with van der Waals surface area (Å²) in [6, 6.07) is 2.56. The van der Waals surface area contributed by atoms with E-state index in [0.717, 1.165) is 18.4 Å². The van der Waals surface area contributed by atoms with E-state index >= 15 is 0 Å². The van der Waals surface area contributed by atoms with Crippen LogP contribution < -0.4 is 5.32 Å². The number of fused-ring (bicyclic) bond motifs is 1. The van der Waals surface area contributed by atoms with E-state index in [9.17, 15) is 8.78 Å². The highest BCUT2D eigenvalue weighted by Crippen LogP contribution is 2.32. The van der Waals surface area contributed by atoms with Gasteiger partial charge in [0.25, 0.3) is 0 Å². The number of hydrogen-bond acceptors (Lipinski definition) is 5. The van der Waals surface area contributed by atoms with Gasteiger partial charge in [-0.25, -0.2) is 0 Å². The van der Waals surface area contributed by atoms with Gasteiger partial charge >= 0.3 is 5.92 Å². The molecular formula is C11H12F2N4O2. The zero-order valence-corrected chi connectivity index (χ0v) is 9.94. The fourth-order valence-corrected chi connectivity index (χ4v) is 2.01. The summed E-state index contributed by atoms with van der Waals surface area (Å²) in [6.07, 6.45) is 0. The third kappa shape index (κ3) is 2.02. The number of halogens is 2. The average Bonchev–Trinajstić information content (AvgIpc) is 3.05. The zero-order chi connectivity index (χ0) is 13.5. The highest BCUT2D eigenvalue weighted by molar-refractivity contribution is 5.48. The molecule has 0 saturated heterocycles. The molecule has 6 nitrogen and oxygen atoms in total. The second-order valence-corrected chi connectivity index (χ2v) is 4.29. The van der Waals surface area contributed by atoms with E-state index in [1.54, 1.807) is 0 Å². The Balaban J connectivity index is 1.97. The van der Waals surface area contributed by atoms with Crippen molar-refractivity contribution < 1.29 is 18.3 Å². The Morgan fingerprint density at radius 2 is 2.26 bits per heavy atom. The summed E-state index contributed by atoms with van der Waals surface area (Å²) in [5.41, 5.74) is 0. The predicted octanol–water partition coefficient (Wildman–Crippen LogP) is 0.725. The third-order valence-electron chi connectivity index (χ3n) is 3.01. The first-order valence-electron chi connectivity index (χ1n) is 5.84. The Bertz CT molecular complexity index is 593. The third-order valence-corrected chi connectivity index (χ3v) is 3.01. The first-order valence-corrected chi connectivity index (χ1v) is 5.84. The van der Waals surface area contributed by atoms with Gasteiger partial charge in [0.2, 0.25) is 0 Å². The van der Waals surface area contributed by atoms with E-state index in [1.165, 1.54) is 6.07 Å². The van der Waals surface area contributed by atoms with Crippen molar-refractivity contribution in [3.63, 3.8) is 0 Å². The Morgan fingerprint density at radius 3 is 3.05 bits per heavy atom. The normalized spacial score (nSPS) is 15.5. The van der Waals surface area contributed by atoms with Crippen LogP contribution in [0.3, 0.4) is 0 Å². The minimum Gasteiger partial charge on any atom is -0.451 e. The van der Waals surface area contributed by atoms with Crippen LogP contribution in [0.1, 0.15) is 11.6 Å². The molecule has 0 fully saturated rings. The van der Waals surface area contributed by atoms with Gasteiger partial charge < -0.3 is 19.4 Å². The summed E-state index contributed by atoms with van der Waals surface area (Å²) in [5.74, 6) is -2.56. The van der Waals surface area contributed by atoms with Crippen LogP contribution in [-0.4, -0.2) is 33.0 Å². The van der Waals surface area contributed by atoms with Gasteiger partial charge in [-0.3, -0.25) is 0 Å². The second kappa shape index (κ2) is 4.39. The van der Waals surface area contributed by atoms with Gasteiger partial charge in [0.05, 0.1) is 6.54 Å². The van der Waals surface area contributed by atoms with Gasteiger partial charge in [-0.1, -0.05) is 0 Å². The average molecular weight is 270 g/mol. The molecule has 3 heterocycles. The van der Waals surface area contributed by atoms with Gasteiger partial charge in [0.1, 0.15) is 12.4 Å². The largest absolute Gasteiger partial charge is 0.451 e. The number of aliphatic hydroxyl groups is 1. The van der Waals surface area contributed by atoms with Gasteiger partial charge in [-0.2, -0.15) is 8.78 Å². The molecule has 0 saturated carbocycles. The molecule has 2 aromatic heterocycles. The first kappa shape index (κ1) is 12.2. The molecule has 0 aromatic carbocycles. The lowest BCUT2D eigenvalue weighted by Crippen LogP contribution is -2.28. The van der Waals surface area contributed by atoms with E-state index in [-0.39, 0.29) is 5.76 Å². The van der Waals surface area contributed by atoms with Crippen molar-refractivity contribution in [2.75, 3.05) is 13.2 Å². The smallest absolute Gasteiger partial charge is 0.327 e. The maximum atomic E-state index is 13.3. The number of nitrogens with one attached hydrogen (secondary N) is 1. The molecule has 0 atom stereocenters. The Kier molecular flexibility index (Phi) is 2.83. The van der Waals surface area contributed by atoms with Crippen LogP contribution in [-0.2, 0) is 19.0 Å². The predicted molar refractivity (Wildman–Crippen MR) is 60.4 cm³/mol. The summed E-state index contributed by atoms with van der Waals surface area (Å²) in [4.78, 5) is 0. The van der Waals surface area contributed by atoms with Crippen LogP contribution in [0.15, 0.2) is 16.5 Å². The minimum absolute atomic E-state index is 0.226. The number of alkyl halides is 2. The molecule has 0 amide bonds. The van der Waals surface area contributed by atoms with Crippen LogP contribution in [0.25, 0.3) is 11.6 Å². The van der Waals surface area contributed by atoms with Crippen molar-refractivity contribution >= 4 is 0 Å². The fourth-order valence-electron chi connectivity index (χ4n) is 2.01. The van der Waals surface area contributed by atoms with Gasteiger partial charge in [-0.05, 0) is 12.1 Å². The minimum atomic E-state index is -3.38. The maximum absolute atomic E-state index is 13.3. The van der Waals surface area contributed by atoms with Crippen molar-refractivity contribution in [1.82, 2.24) is 20.1 Å². The molecule has 0 radical (unpaired) electrons. The van der Waals surface area contributed by atoms with E-state index in [2.05, 4.69) is 15.5 Å². The lowest BCUT2D eigenvalue weighted by molar-refractivity contribution is -0.0718. The molecule has 0 bridgehead atoms. The van der Waals surface area contributed by atoms with Crippen molar-refractivity contribution in [1.29, 1.82) is 0 Å². The van der Waals surface area contributed by atoms with E-state index < -0.39 is 18.3 Å². The lowest BCUT2D eigenvalue weighted by Gasteiger charge is -2.15. The van der Waals surface area contributed by atoms with Crippen LogP contribution in [0.4, 0.5) is 8.78 Å². The summed E-state index contributed by atoms with van der Waals surface area (Å²) in [7, 11) is 0. The number of furan rings is 1. The molecule has 19 heavy (non-hydrogen) atoms. The molecule has 3 rings (SSSR count). The molecule has 1 aliphatic rings. The molecule has 102 valence electrons. The van der Waals surface area contributed by atoms with E-state index in [4.69, 9.17) is 9.52 Å². The second-order valence-electron chi connectivity index (χ2n) is 4.29. The number of hydrogen-bond donors (Lipinski definition) is 2. The van der Waals surface area contributed by atoms with Crippen LogP contribution in [0.5, 0.6) is 0 Å². The van der Waals surface area contributed by atoms with E-state index in [1.807, 2.05) is 4.57 Å². The molecule has 0 unspecified atom stereocenters. The van der Waals surface area contributed by atoms with Crippen LogP contribution in [0, 0.1) is 0 Å². The molecule has 8 heteroatoms. The van der Waals surface area contributed by atoms with Gasteiger partial charge in [0, 0.05) is 13.1 Å². The first-order chi connectivity index (χ1) is 9.12. The number of nitrogens with zero attached hydrogens (tertiary/aromatic N) is 3. The Morgan fingerprint density at radius 1 is 1.42 bits per heavy atom. The zero-order valence-electron chi connectivity index (χ0n) is 9.94. The standard InChI is InChI=1S/C11H12F2N4O2/c12-11(13,6-18)8-2-1-7(19-8)10-16-15-9-5-14-3-4-17(9)10/h1-2,14,18H,3-6H2. The highest BCUT2D eigenvalue weighted by Gasteiger charge is 2.35. The van der Waals surface area contributed by atoms with Crippen LogP contribution >= 0.6 is 0 Å². The number of aromatic nitrogens is 3. The summed E-state index contributed by atoms with van der Waals surface area (Å²) in [6.45, 7) is 0.720. The van der Waals surface area contributed by atoms with Crippen molar-refractivity contribution in [3.05, 3.63) is 23.7 Å². The SMILES string of the molecule is OCC(F)(F)c1ccc(-c2nnc3n2CCNC3)o1.